The quantitative estimate of drug-likeness (QED) is 0.791. The highest BCUT2D eigenvalue weighted by Gasteiger charge is 2.08. The third kappa shape index (κ3) is 3.66. The van der Waals surface area contributed by atoms with Crippen LogP contribution in [0.1, 0.15) is 22.8 Å². The fourth-order valence-electron chi connectivity index (χ4n) is 1.61. The molecule has 0 aliphatic carbocycles. The molecule has 0 saturated carbocycles. The number of carbonyl (C=O) groups excluding carboxylic acids is 1. The van der Waals surface area contributed by atoms with Crippen LogP contribution in [0.3, 0.4) is 0 Å². The topological polar surface area (TPSA) is 41.1 Å². The Labute approximate surface area is 97.2 Å². The first-order chi connectivity index (χ1) is 7.65. The molecule has 3 heteroatoms. The zero-order chi connectivity index (χ0) is 12.0. The zero-order valence-corrected chi connectivity index (χ0v) is 10.2. The summed E-state index contributed by atoms with van der Waals surface area (Å²) in [6.07, 6.45) is 0. The molecule has 88 valence electrons. The fraction of sp³-hybridized carbons (Fsp3) is 0.462. The molecular formula is C13H20N2O. The summed E-state index contributed by atoms with van der Waals surface area (Å²) in [4.78, 5) is 11.8. The van der Waals surface area contributed by atoms with Gasteiger partial charge in [-0.15, -0.1) is 0 Å². The van der Waals surface area contributed by atoms with E-state index in [0.717, 1.165) is 17.7 Å². The Kier molecular flexibility index (Phi) is 4.99. The van der Waals surface area contributed by atoms with E-state index in [4.69, 9.17) is 0 Å². The van der Waals surface area contributed by atoms with E-state index < -0.39 is 0 Å². The second-order valence-electron chi connectivity index (χ2n) is 4.19. The SMILES string of the molecule is CNCC(C)CNC(=O)c1ccccc1C. The molecule has 1 aromatic rings. The molecule has 1 unspecified atom stereocenters. The highest BCUT2D eigenvalue weighted by atomic mass is 16.1. The van der Waals surface area contributed by atoms with Gasteiger partial charge in [0, 0.05) is 12.1 Å². The minimum absolute atomic E-state index is 0.0149. The first-order valence-corrected chi connectivity index (χ1v) is 5.63. The van der Waals surface area contributed by atoms with Crippen LogP contribution in [0.5, 0.6) is 0 Å². The standard InChI is InChI=1S/C13H20N2O/c1-10(8-14-3)9-15-13(16)12-7-5-4-6-11(12)2/h4-7,10,14H,8-9H2,1-3H3,(H,15,16). The van der Waals surface area contributed by atoms with E-state index in [1.807, 2.05) is 38.2 Å². The van der Waals surface area contributed by atoms with Gasteiger partial charge >= 0.3 is 0 Å². The summed E-state index contributed by atoms with van der Waals surface area (Å²) >= 11 is 0. The number of nitrogens with one attached hydrogen (secondary N) is 2. The van der Waals surface area contributed by atoms with Crippen molar-refractivity contribution in [3.8, 4) is 0 Å². The molecule has 1 amide bonds. The largest absolute Gasteiger partial charge is 0.352 e. The number of hydrogen-bond acceptors (Lipinski definition) is 2. The van der Waals surface area contributed by atoms with Crippen LogP contribution < -0.4 is 10.6 Å². The second kappa shape index (κ2) is 6.28. The van der Waals surface area contributed by atoms with E-state index in [9.17, 15) is 4.79 Å². The summed E-state index contributed by atoms with van der Waals surface area (Å²) < 4.78 is 0. The van der Waals surface area contributed by atoms with E-state index >= 15 is 0 Å². The molecule has 0 aromatic heterocycles. The summed E-state index contributed by atoms with van der Waals surface area (Å²) in [5.41, 5.74) is 1.78. The Morgan fingerprint density at radius 3 is 2.62 bits per heavy atom. The van der Waals surface area contributed by atoms with Crippen molar-refractivity contribution in [3.05, 3.63) is 35.4 Å². The average molecular weight is 220 g/mol. The summed E-state index contributed by atoms with van der Waals surface area (Å²) in [5, 5.41) is 6.04. The van der Waals surface area contributed by atoms with Crippen molar-refractivity contribution in [1.82, 2.24) is 10.6 Å². The maximum Gasteiger partial charge on any atom is 0.251 e. The van der Waals surface area contributed by atoms with Crippen LogP contribution in [-0.2, 0) is 0 Å². The van der Waals surface area contributed by atoms with Gasteiger partial charge in [-0.2, -0.15) is 0 Å². The van der Waals surface area contributed by atoms with Crippen molar-refractivity contribution in [2.75, 3.05) is 20.1 Å². The zero-order valence-electron chi connectivity index (χ0n) is 10.2. The first-order valence-electron chi connectivity index (χ1n) is 5.63. The fourth-order valence-corrected chi connectivity index (χ4v) is 1.61. The number of benzene rings is 1. The molecule has 0 heterocycles. The predicted molar refractivity (Wildman–Crippen MR) is 66.6 cm³/mol. The average Bonchev–Trinajstić information content (AvgIpc) is 2.27. The van der Waals surface area contributed by atoms with Crippen LogP contribution >= 0.6 is 0 Å². The molecule has 1 aromatic carbocycles. The maximum absolute atomic E-state index is 11.8. The van der Waals surface area contributed by atoms with Crippen molar-refractivity contribution in [2.45, 2.75) is 13.8 Å². The van der Waals surface area contributed by atoms with E-state index in [1.165, 1.54) is 0 Å². The van der Waals surface area contributed by atoms with Gasteiger partial charge in [0.1, 0.15) is 0 Å². The first kappa shape index (κ1) is 12.7. The van der Waals surface area contributed by atoms with Crippen molar-refractivity contribution in [2.24, 2.45) is 5.92 Å². The molecular weight excluding hydrogens is 200 g/mol. The van der Waals surface area contributed by atoms with Crippen molar-refractivity contribution >= 4 is 5.91 Å². The molecule has 0 bridgehead atoms. The number of aryl methyl sites for hydroxylation is 1. The van der Waals surface area contributed by atoms with Gasteiger partial charge in [-0.25, -0.2) is 0 Å². The number of hydrogen-bond donors (Lipinski definition) is 2. The van der Waals surface area contributed by atoms with Gasteiger partial charge in [0.15, 0.2) is 0 Å². The van der Waals surface area contributed by atoms with Gasteiger partial charge in [0.05, 0.1) is 0 Å². The molecule has 16 heavy (non-hydrogen) atoms. The molecule has 0 radical (unpaired) electrons. The van der Waals surface area contributed by atoms with Gasteiger partial charge in [-0.05, 0) is 38.1 Å². The predicted octanol–water partition coefficient (Wildman–Crippen LogP) is 1.58. The highest BCUT2D eigenvalue weighted by Crippen LogP contribution is 2.06. The van der Waals surface area contributed by atoms with Gasteiger partial charge in [0.2, 0.25) is 0 Å². The van der Waals surface area contributed by atoms with E-state index in [1.54, 1.807) is 0 Å². The molecule has 0 fully saturated rings. The normalized spacial score (nSPS) is 12.2. The Hall–Kier alpha value is -1.35. The van der Waals surface area contributed by atoms with Gasteiger partial charge < -0.3 is 10.6 Å². The van der Waals surface area contributed by atoms with Crippen LogP contribution in [0.4, 0.5) is 0 Å². The highest BCUT2D eigenvalue weighted by molar-refractivity contribution is 5.95. The van der Waals surface area contributed by atoms with Crippen LogP contribution in [0, 0.1) is 12.8 Å². The van der Waals surface area contributed by atoms with Crippen molar-refractivity contribution in [3.63, 3.8) is 0 Å². The third-order valence-electron chi connectivity index (χ3n) is 2.55. The lowest BCUT2D eigenvalue weighted by atomic mass is 10.1. The summed E-state index contributed by atoms with van der Waals surface area (Å²) in [6, 6.07) is 7.63. The van der Waals surface area contributed by atoms with Crippen molar-refractivity contribution < 1.29 is 4.79 Å². The Morgan fingerprint density at radius 1 is 1.31 bits per heavy atom. The molecule has 1 atom stereocenters. The lowest BCUT2D eigenvalue weighted by molar-refractivity contribution is 0.0947. The van der Waals surface area contributed by atoms with Gasteiger partial charge in [-0.1, -0.05) is 25.1 Å². The molecule has 0 aliphatic heterocycles. The summed E-state index contributed by atoms with van der Waals surface area (Å²) in [6.45, 7) is 5.67. The Bertz CT molecular complexity index is 350. The minimum atomic E-state index is 0.0149. The Morgan fingerprint density at radius 2 is 2.00 bits per heavy atom. The van der Waals surface area contributed by atoms with Gasteiger partial charge in [-0.3, -0.25) is 4.79 Å². The van der Waals surface area contributed by atoms with Crippen LogP contribution in [-0.4, -0.2) is 26.0 Å². The lowest BCUT2D eigenvalue weighted by Crippen LogP contribution is -2.32. The monoisotopic (exact) mass is 220 g/mol. The maximum atomic E-state index is 11.8. The molecule has 0 saturated heterocycles. The number of amides is 1. The van der Waals surface area contributed by atoms with Crippen molar-refractivity contribution in [1.29, 1.82) is 0 Å². The van der Waals surface area contributed by atoms with Crippen LogP contribution in [0.2, 0.25) is 0 Å². The molecule has 3 nitrogen and oxygen atoms in total. The molecule has 1 rings (SSSR count). The van der Waals surface area contributed by atoms with E-state index in [0.29, 0.717) is 12.5 Å². The molecule has 0 spiro atoms. The summed E-state index contributed by atoms with van der Waals surface area (Å²) in [5.74, 6) is 0.457. The van der Waals surface area contributed by atoms with Gasteiger partial charge in [0.25, 0.3) is 5.91 Å². The minimum Gasteiger partial charge on any atom is -0.352 e. The number of rotatable bonds is 5. The van der Waals surface area contributed by atoms with Crippen LogP contribution in [0.15, 0.2) is 24.3 Å². The third-order valence-corrected chi connectivity index (χ3v) is 2.55. The van der Waals surface area contributed by atoms with E-state index in [-0.39, 0.29) is 5.91 Å². The number of carbonyl (C=O) groups is 1. The molecule has 2 N–H and O–H groups in total. The lowest BCUT2D eigenvalue weighted by Gasteiger charge is -2.12. The smallest absolute Gasteiger partial charge is 0.251 e. The Balaban J connectivity index is 2.50. The second-order valence-corrected chi connectivity index (χ2v) is 4.19. The summed E-state index contributed by atoms with van der Waals surface area (Å²) in [7, 11) is 1.92. The van der Waals surface area contributed by atoms with E-state index in [2.05, 4.69) is 17.6 Å². The van der Waals surface area contributed by atoms with Crippen LogP contribution in [0.25, 0.3) is 0 Å². The molecule has 0 aliphatic rings.